The number of carboxylic acid groups (broad SMARTS) is 1. The SMILES string of the molecule is O=C(O)/C=C/c1cc(Cl)ccc1OCC1CCCCC1. The second-order valence-electron chi connectivity index (χ2n) is 5.17. The second-order valence-corrected chi connectivity index (χ2v) is 5.61. The molecule has 1 aromatic rings. The van der Waals surface area contributed by atoms with Crippen molar-refractivity contribution in [1.82, 2.24) is 0 Å². The minimum absolute atomic E-state index is 0.569. The number of hydrogen-bond donors (Lipinski definition) is 1. The Kier molecular flexibility index (Phi) is 5.48. The summed E-state index contributed by atoms with van der Waals surface area (Å²) in [7, 11) is 0. The van der Waals surface area contributed by atoms with Crippen LogP contribution in [-0.2, 0) is 4.79 Å². The van der Waals surface area contributed by atoms with Crippen LogP contribution in [-0.4, -0.2) is 17.7 Å². The molecule has 1 aliphatic rings. The molecule has 0 saturated heterocycles. The van der Waals surface area contributed by atoms with E-state index in [1.165, 1.54) is 38.2 Å². The molecule has 0 bridgehead atoms. The molecule has 1 aromatic carbocycles. The summed E-state index contributed by atoms with van der Waals surface area (Å²) in [5.74, 6) is 0.316. The van der Waals surface area contributed by atoms with Crippen LogP contribution >= 0.6 is 11.6 Å². The summed E-state index contributed by atoms with van der Waals surface area (Å²) in [6.07, 6.45) is 8.93. The van der Waals surface area contributed by atoms with Crippen LogP contribution in [0.2, 0.25) is 5.02 Å². The predicted molar refractivity (Wildman–Crippen MR) is 80.2 cm³/mol. The van der Waals surface area contributed by atoms with Gasteiger partial charge >= 0.3 is 5.97 Å². The summed E-state index contributed by atoms with van der Waals surface area (Å²) in [6.45, 7) is 0.690. The van der Waals surface area contributed by atoms with Crippen molar-refractivity contribution in [2.45, 2.75) is 32.1 Å². The van der Waals surface area contributed by atoms with Gasteiger partial charge in [-0.2, -0.15) is 0 Å². The van der Waals surface area contributed by atoms with Crippen molar-refractivity contribution in [3.8, 4) is 5.75 Å². The molecular formula is C16H19ClO3. The van der Waals surface area contributed by atoms with E-state index in [4.69, 9.17) is 21.4 Å². The predicted octanol–water partition coefficient (Wildman–Crippen LogP) is 4.40. The van der Waals surface area contributed by atoms with Gasteiger partial charge in [0.05, 0.1) is 6.61 Å². The lowest BCUT2D eigenvalue weighted by Crippen LogP contribution is -2.15. The van der Waals surface area contributed by atoms with E-state index in [9.17, 15) is 4.79 Å². The Bertz CT molecular complexity index is 490. The van der Waals surface area contributed by atoms with Crippen LogP contribution in [0, 0.1) is 5.92 Å². The highest BCUT2D eigenvalue weighted by atomic mass is 35.5. The number of rotatable bonds is 5. The molecule has 1 aliphatic carbocycles. The molecule has 0 amide bonds. The number of benzene rings is 1. The third-order valence-electron chi connectivity index (χ3n) is 3.58. The highest BCUT2D eigenvalue weighted by Gasteiger charge is 2.14. The maximum Gasteiger partial charge on any atom is 0.328 e. The van der Waals surface area contributed by atoms with Crippen molar-refractivity contribution >= 4 is 23.6 Å². The van der Waals surface area contributed by atoms with Gasteiger partial charge in [-0.15, -0.1) is 0 Å². The van der Waals surface area contributed by atoms with Gasteiger partial charge in [0.25, 0.3) is 0 Å². The first kappa shape index (κ1) is 14.9. The van der Waals surface area contributed by atoms with Gasteiger partial charge in [0.2, 0.25) is 0 Å². The van der Waals surface area contributed by atoms with Crippen molar-refractivity contribution in [2.24, 2.45) is 5.92 Å². The Morgan fingerprint density at radius 2 is 2.10 bits per heavy atom. The summed E-state index contributed by atoms with van der Waals surface area (Å²) in [5, 5.41) is 9.28. The molecule has 4 heteroatoms. The molecule has 0 aromatic heterocycles. The molecule has 0 spiro atoms. The topological polar surface area (TPSA) is 46.5 Å². The molecule has 0 heterocycles. The molecule has 1 fully saturated rings. The summed E-state index contributed by atoms with van der Waals surface area (Å²) in [5.41, 5.74) is 0.704. The molecular weight excluding hydrogens is 276 g/mol. The molecule has 0 atom stereocenters. The van der Waals surface area contributed by atoms with Gasteiger partial charge < -0.3 is 9.84 Å². The molecule has 0 radical (unpaired) electrons. The van der Waals surface area contributed by atoms with E-state index >= 15 is 0 Å². The van der Waals surface area contributed by atoms with Gasteiger partial charge in [-0.05, 0) is 43.0 Å². The van der Waals surface area contributed by atoms with Crippen LogP contribution in [0.15, 0.2) is 24.3 Å². The van der Waals surface area contributed by atoms with Crippen LogP contribution in [0.25, 0.3) is 6.08 Å². The Morgan fingerprint density at radius 3 is 2.80 bits per heavy atom. The van der Waals surface area contributed by atoms with Gasteiger partial charge in [-0.25, -0.2) is 4.79 Å². The van der Waals surface area contributed by atoms with Crippen LogP contribution in [0.3, 0.4) is 0 Å². The summed E-state index contributed by atoms with van der Waals surface area (Å²) >= 11 is 5.94. The van der Waals surface area contributed by atoms with E-state index in [1.54, 1.807) is 18.2 Å². The monoisotopic (exact) mass is 294 g/mol. The maximum absolute atomic E-state index is 10.6. The van der Waals surface area contributed by atoms with Crippen LogP contribution in [0.4, 0.5) is 0 Å². The van der Waals surface area contributed by atoms with E-state index in [1.807, 2.05) is 0 Å². The number of halogens is 1. The largest absolute Gasteiger partial charge is 0.493 e. The molecule has 1 N–H and O–H groups in total. The van der Waals surface area contributed by atoms with Crippen LogP contribution < -0.4 is 4.74 Å². The van der Waals surface area contributed by atoms with Gasteiger partial charge in [-0.3, -0.25) is 0 Å². The van der Waals surface area contributed by atoms with Gasteiger partial charge in [0, 0.05) is 16.7 Å². The smallest absolute Gasteiger partial charge is 0.328 e. The summed E-state index contributed by atoms with van der Waals surface area (Å²) < 4.78 is 5.86. The number of ether oxygens (including phenoxy) is 1. The van der Waals surface area contributed by atoms with Gasteiger partial charge in [0.1, 0.15) is 5.75 Å². The zero-order chi connectivity index (χ0) is 14.4. The maximum atomic E-state index is 10.6. The first-order valence-electron chi connectivity index (χ1n) is 6.98. The summed E-state index contributed by atoms with van der Waals surface area (Å²) in [4.78, 5) is 10.6. The van der Waals surface area contributed by atoms with Crippen molar-refractivity contribution in [3.63, 3.8) is 0 Å². The van der Waals surface area contributed by atoms with E-state index in [2.05, 4.69) is 0 Å². The third kappa shape index (κ3) is 4.57. The Labute approximate surface area is 124 Å². The van der Waals surface area contributed by atoms with Crippen molar-refractivity contribution in [1.29, 1.82) is 0 Å². The van der Waals surface area contributed by atoms with E-state index in [0.29, 0.717) is 28.9 Å². The lowest BCUT2D eigenvalue weighted by Gasteiger charge is -2.22. The van der Waals surface area contributed by atoms with E-state index in [-0.39, 0.29) is 0 Å². The molecule has 0 unspecified atom stereocenters. The van der Waals surface area contributed by atoms with Crippen LogP contribution in [0.5, 0.6) is 5.75 Å². The minimum atomic E-state index is -0.983. The second kappa shape index (κ2) is 7.34. The molecule has 1 saturated carbocycles. The first-order valence-corrected chi connectivity index (χ1v) is 7.36. The molecule has 2 rings (SSSR count). The van der Waals surface area contributed by atoms with E-state index in [0.717, 1.165) is 6.08 Å². The molecule has 0 aliphatic heterocycles. The van der Waals surface area contributed by atoms with Gasteiger partial charge in [-0.1, -0.05) is 30.9 Å². The number of carboxylic acids is 1. The summed E-state index contributed by atoms with van der Waals surface area (Å²) in [6, 6.07) is 5.28. The zero-order valence-electron chi connectivity index (χ0n) is 11.3. The standard InChI is InChI=1S/C16H19ClO3/c17-14-7-8-15(13(10-14)6-9-16(18)19)20-11-12-4-2-1-3-5-12/h6-10,12H,1-5,11H2,(H,18,19)/b9-6+. The lowest BCUT2D eigenvalue weighted by molar-refractivity contribution is -0.131. The Hall–Kier alpha value is -1.48. The van der Waals surface area contributed by atoms with E-state index < -0.39 is 5.97 Å². The average Bonchev–Trinajstić information content (AvgIpc) is 2.45. The van der Waals surface area contributed by atoms with Crippen molar-refractivity contribution in [2.75, 3.05) is 6.61 Å². The highest BCUT2D eigenvalue weighted by Crippen LogP contribution is 2.28. The Balaban J connectivity index is 2.03. The first-order chi connectivity index (χ1) is 9.65. The Morgan fingerprint density at radius 1 is 1.35 bits per heavy atom. The normalized spacial score (nSPS) is 16.4. The van der Waals surface area contributed by atoms with Crippen molar-refractivity contribution in [3.05, 3.63) is 34.9 Å². The van der Waals surface area contributed by atoms with Crippen LogP contribution in [0.1, 0.15) is 37.7 Å². The minimum Gasteiger partial charge on any atom is -0.493 e. The fourth-order valence-corrected chi connectivity index (χ4v) is 2.68. The average molecular weight is 295 g/mol. The number of hydrogen-bond acceptors (Lipinski definition) is 2. The molecule has 20 heavy (non-hydrogen) atoms. The highest BCUT2D eigenvalue weighted by molar-refractivity contribution is 6.30. The third-order valence-corrected chi connectivity index (χ3v) is 3.81. The fraction of sp³-hybridized carbons (Fsp3) is 0.438. The number of carbonyl (C=O) groups is 1. The quantitative estimate of drug-likeness (QED) is 0.819. The lowest BCUT2D eigenvalue weighted by atomic mass is 9.90. The van der Waals surface area contributed by atoms with Gasteiger partial charge in [0.15, 0.2) is 0 Å². The molecule has 3 nitrogen and oxygen atoms in total. The zero-order valence-corrected chi connectivity index (χ0v) is 12.1. The number of aliphatic carboxylic acids is 1. The fourth-order valence-electron chi connectivity index (χ4n) is 2.50. The van der Waals surface area contributed by atoms with Crippen molar-refractivity contribution < 1.29 is 14.6 Å². The molecule has 108 valence electrons.